The lowest BCUT2D eigenvalue weighted by Crippen LogP contribution is -2.26. The molecule has 0 radical (unpaired) electrons. The SMILES string of the molecule is NC(=O)c1c(-c2ccc(Oc3ncnc4[nH]ccc34)c(F)c2)n(-c2ccc(F)cc2)c2ncccc2c1=O. The molecule has 3 N–H and O–H groups in total. The molecule has 2 aromatic carbocycles. The number of benzene rings is 2. The molecule has 0 saturated heterocycles. The van der Waals surface area contributed by atoms with Gasteiger partial charge in [-0.25, -0.2) is 23.7 Å². The first-order valence-corrected chi connectivity index (χ1v) is 11.3. The number of nitrogens with one attached hydrogen (secondary N) is 1. The van der Waals surface area contributed by atoms with E-state index in [1.165, 1.54) is 59.6 Å². The minimum absolute atomic E-state index is 0.000759. The molecule has 0 unspecified atom stereocenters. The minimum atomic E-state index is -1.01. The molecule has 186 valence electrons. The van der Waals surface area contributed by atoms with Gasteiger partial charge in [-0.1, -0.05) is 0 Å². The van der Waals surface area contributed by atoms with Crippen molar-refractivity contribution in [3.63, 3.8) is 0 Å². The Morgan fingerprint density at radius 1 is 0.974 bits per heavy atom. The van der Waals surface area contributed by atoms with Crippen LogP contribution in [-0.2, 0) is 0 Å². The number of fused-ring (bicyclic) bond motifs is 2. The molecule has 0 atom stereocenters. The summed E-state index contributed by atoms with van der Waals surface area (Å²) in [6.07, 6.45) is 4.40. The largest absolute Gasteiger partial charge is 0.435 e. The zero-order chi connectivity index (χ0) is 26.4. The molecule has 1 amide bonds. The molecule has 0 spiro atoms. The average Bonchev–Trinajstić information content (AvgIpc) is 3.40. The maximum absolute atomic E-state index is 15.4. The number of amides is 1. The van der Waals surface area contributed by atoms with E-state index in [0.29, 0.717) is 16.7 Å². The van der Waals surface area contributed by atoms with Gasteiger partial charge < -0.3 is 15.5 Å². The molecule has 6 rings (SSSR count). The van der Waals surface area contributed by atoms with Crippen LogP contribution in [-0.4, -0.2) is 30.4 Å². The Labute approximate surface area is 212 Å². The van der Waals surface area contributed by atoms with E-state index in [4.69, 9.17) is 10.5 Å². The van der Waals surface area contributed by atoms with E-state index in [-0.39, 0.29) is 39.5 Å². The van der Waals surface area contributed by atoms with Crippen molar-refractivity contribution in [1.82, 2.24) is 24.5 Å². The van der Waals surface area contributed by atoms with Gasteiger partial charge >= 0.3 is 0 Å². The number of nitrogens with zero attached hydrogens (tertiary/aromatic N) is 4. The standard InChI is InChI=1S/C27H16F2N6O3/c28-15-4-6-16(7-5-15)35-22(21(24(30)37)23(36)17-2-1-10-32-26(17)35)14-3-8-20(19(29)12-14)38-27-18-9-11-31-25(18)33-13-34-27/h1-13H,(H2,30,37)(H,31,33,34). The van der Waals surface area contributed by atoms with Crippen LogP contribution in [0, 0.1) is 11.6 Å². The Kier molecular flexibility index (Phi) is 5.38. The number of aromatic nitrogens is 5. The van der Waals surface area contributed by atoms with Gasteiger partial charge in [-0.05, 0) is 60.7 Å². The lowest BCUT2D eigenvalue weighted by Gasteiger charge is -2.19. The van der Waals surface area contributed by atoms with Crippen molar-refractivity contribution < 1.29 is 18.3 Å². The Balaban J connectivity index is 1.58. The Morgan fingerprint density at radius 3 is 2.55 bits per heavy atom. The van der Waals surface area contributed by atoms with Crippen LogP contribution in [0.3, 0.4) is 0 Å². The number of pyridine rings is 2. The van der Waals surface area contributed by atoms with Crippen LogP contribution in [0.2, 0.25) is 0 Å². The van der Waals surface area contributed by atoms with E-state index in [0.717, 1.165) is 6.07 Å². The first kappa shape index (κ1) is 23.0. The summed E-state index contributed by atoms with van der Waals surface area (Å²) < 4.78 is 36.4. The predicted molar refractivity (Wildman–Crippen MR) is 135 cm³/mol. The van der Waals surface area contributed by atoms with E-state index in [2.05, 4.69) is 19.9 Å². The van der Waals surface area contributed by atoms with Gasteiger partial charge in [-0.15, -0.1) is 0 Å². The summed E-state index contributed by atoms with van der Waals surface area (Å²) >= 11 is 0. The van der Waals surface area contributed by atoms with E-state index in [9.17, 15) is 14.0 Å². The van der Waals surface area contributed by atoms with Crippen molar-refractivity contribution >= 4 is 28.0 Å². The number of primary amides is 1. The predicted octanol–water partition coefficient (Wildman–Crippen LogP) is 4.49. The van der Waals surface area contributed by atoms with Crippen LogP contribution in [0.25, 0.3) is 39.0 Å². The molecule has 4 heterocycles. The maximum Gasteiger partial charge on any atom is 0.254 e. The number of aromatic amines is 1. The van der Waals surface area contributed by atoms with Crippen LogP contribution in [0.15, 0.2) is 84.2 Å². The van der Waals surface area contributed by atoms with Gasteiger partial charge in [0.25, 0.3) is 5.91 Å². The molecule has 0 aliphatic rings. The van der Waals surface area contributed by atoms with Gasteiger partial charge in [0.05, 0.1) is 16.5 Å². The molecule has 0 bridgehead atoms. The molecular weight excluding hydrogens is 494 g/mol. The Morgan fingerprint density at radius 2 is 1.79 bits per heavy atom. The molecule has 38 heavy (non-hydrogen) atoms. The fourth-order valence-corrected chi connectivity index (χ4v) is 4.32. The molecular formula is C27H16F2N6O3. The summed E-state index contributed by atoms with van der Waals surface area (Å²) in [5.74, 6) is -2.30. The van der Waals surface area contributed by atoms with Crippen LogP contribution >= 0.6 is 0 Å². The summed E-state index contributed by atoms with van der Waals surface area (Å²) in [7, 11) is 0. The zero-order valence-corrected chi connectivity index (χ0v) is 19.4. The van der Waals surface area contributed by atoms with Gasteiger partial charge in [0, 0.05) is 23.6 Å². The molecule has 6 aromatic rings. The van der Waals surface area contributed by atoms with Crippen molar-refractivity contribution in [1.29, 1.82) is 0 Å². The molecule has 0 aliphatic heterocycles. The normalized spacial score (nSPS) is 11.2. The summed E-state index contributed by atoms with van der Waals surface area (Å²) in [6, 6.07) is 14.0. The number of hydrogen-bond acceptors (Lipinski definition) is 6. The number of H-pyrrole nitrogens is 1. The van der Waals surface area contributed by atoms with Crippen molar-refractivity contribution in [3.05, 3.63) is 107 Å². The third kappa shape index (κ3) is 3.73. The Bertz CT molecular complexity index is 1930. The molecule has 9 nitrogen and oxygen atoms in total. The number of carbonyl (C=O) groups excluding carboxylic acids is 1. The van der Waals surface area contributed by atoms with Crippen LogP contribution < -0.4 is 15.9 Å². The fraction of sp³-hybridized carbons (Fsp3) is 0. The highest BCUT2D eigenvalue weighted by molar-refractivity contribution is 6.03. The topological polar surface area (TPSA) is 129 Å². The van der Waals surface area contributed by atoms with E-state index in [1.54, 1.807) is 18.3 Å². The number of nitrogens with two attached hydrogens (primary N) is 1. The van der Waals surface area contributed by atoms with Gasteiger partial charge in [0.1, 0.15) is 29.0 Å². The molecule has 4 aromatic heterocycles. The van der Waals surface area contributed by atoms with Crippen LogP contribution in [0.5, 0.6) is 11.6 Å². The van der Waals surface area contributed by atoms with Gasteiger partial charge in [0.2, 0.25) is 11.3 Å². The lowest BCUT2D eigenvalue weighted by atomic mass is 10.0. The molecule has 0 saturated carbocycles. The zero-order valence-electron chi connectivity index (χ0n) is 19.4. The quantitative estimate of drug-likeness (QED) is 0.352. The number of rotatable bonds is 5. The maximum atomic E-state index is 15.4. The monoisotopic (exact) mass is 510 g/mol. The van der Waals surface area contributed by atoms with Gasteiger partial charge in [-0.2, -0.15) is 0 Å². The minimum Gasteiger partial charge on any atom is -0.435 e. The average molecular weight is 510 g/mol. The summed E-state index contributed by atoms with van der Waals surface area (Å²) in [5.41, 5.74) is 5.85. The fourth-order valence-electron chi connectivity index (χ4n) is 4.32. The number of ether oxygens (including phenoxy) is 1. The van der Waals surface area contributed by atoms with Crippen molar-refractivity contribution in [3.8, 4) is 28.6 Å². The second-order valence-electron chi connectivity index (χ2n) is 8.27. The highest BCUT2D eigenvalue weighted by Crippen LogP contribution is 2.34. The Hall–Kier alpha value is -5.45. The van der Waals surface area contributed by atoms with E-state index >= 15 is 4.39 Å². The van der Waals surface area contributed by atoms with Crippen LogP contribution in [0.4, 0.5) is 8.78 Å². The third-order valence-corrected chi connectivity index (χ3v) is 5.99. The molecule has 0 aliphatic carbocycles. The van der Waals surface area contributed by atoms with Crippen molar-refractivity contribution in [2.24, 2.45) is 5.73 Å². The number of halogens is 2. The second-order valence-corrected chi connectivity index (χ2v) is 8.27. The van der Waals surface area contributed by atoms with Crippen LogP contribution in [0.1, 0.15) is 10.4 Å². The van der Waals surface area contributed by atoms with E-state index in [1.807, 2.05) is 0 Å². The molecule has 11 heteroatoms. The lowest BCUT2D eigenvalue weighted by molar-refractivity contribution is 0.0999. The highest BCUT2D eigenvalue weighted by atomic mass is 19.1. The second kappa shape index (κ2) is 8.89. The van der Waals surface area contributed by atoms with Gasteiger partial charge in [-0.3, -0.25) is 14.2 Å². The third-order valence-electron chi connectivity index (χ3n) is 5.99. The highest BCUT2D eigenvalue weighted by Gasteiger charge is 2.24. The molecule has 0 fully saturated rings. The number of carbonyl (C=O) groups is 1. The first-order valence-electron chi connectivity index (χ1n) is 11.3. The number of hydrogen-bond donors (Lipinski definition) is 2. The smallest absolute Gasteiger partial charge is 0.254 e. The van der Waals surface area contributed by atoms with Crippen molar-refractivity contribution in [2.45, 2.75) is 0 Å². The van der Waals surface area contributed by atoms with E-state index < -0.39 is 23.0 Å². The summed E-state index contributed by atoms with van der Waals surface area (Å²) in [6.45, 7) is 0. The van der Waals surface area contributed by atoms with Crippen molar-refractivity contribution in [2.75, 3.05) is 0 Å². The first-order chi connectivity index (χ1) is 18.4. The summed E-state index contributed by atoms with van der Waals surface area (Å²) in [5, 5.41) is 0.673. The van der Waals surface area contributed by atoms with Gasteiger partial charge in [0.15, 0.2) is 11.6 Å². The summed E-state index contributed by atoms with van der Waals surface area (Å²) in [4.78, 5) is 41.3.